The second-order valence-corrected chi connectivity index (χ2v) is 11.4. The van der Waals surface area contributed by atoms with Crippen LogP contribution in [0.5, 0.6) is 0 Å². The van der Waals surface area contributed by atoms with Gasteiger partial charge in [0.2, 0.25) is 5.91 Å². The average molecular weight is 623 g/mol. The molecular weight excluding hydrogens is 588 g/mol. The van der Waals surface area contributed by atoms with E-state index in [0.29, 0.717) is 46.9 Å². The number of aromatic amines is 1. The SMILES string of the molecule is COC(=O)Nc1ccc2c(c1)NC(=O)CCC=CCC(NC(=O)c1ccc(CNC(=O)OC(C)(C)C)cc1)c1nc-2c(Cl)[nH]1. The number of alkyl carbamates (subject to hydrolysis) is 1. The molecule has 1 aromatic heterocycles. The molecule has 4 rings (SSSR count). The predicted octanol–water partition coefficient (Wildman–Crippen LogP) is 6.08. The van der Waals surface area contributed by atoms with Crippen LogP contribution in [-0.4, -0.2) is 46.7 Å². The van der Waals surface area contributed by atoms with Crippen LogP contribution < -0.4 is 21.3 Å². The van der Waals surface area contributed by atoms with E-state index in [9.17, 15) is 19.2 Å². The van der Waals surface area contributed by atoms with E-state index in [1.54, 1.807) is 63.2 Å². The fraction of sp³-hybridized carbons (Fsp3) is 0.323. The van der Waals surface area contributed by atoms with Gasteiger partial charge in [0.15, 0.2) is 0 Å². The summed E-state index contributed by atoms with van der Waals surface area (Å²) in [6.45, 7) is 5.61. The van der Waals surface area contributed by atoms with Gasteiger partial charge >= 0.3 is 12.2 Å². The minimum Gasteiger partial charge on any atom is -0.453 e. The number of imidazole rings is 1. The molecule has 0 spiro atoms. The number of H-pyrrole nitrogens is 1. The van der Waals surface area contributed by atoms with Crippen LogP contribution in [0.3, 0.4) is 0 Å². The maximum absolute atomic E-state index is 13.3. The molecule has 0 fully saturated rings. The number of nitrogens with one attached hydrogen (secondary N) is 5. The van der Waals surface area contributed by atoms with E-state index in [1.807, 2.05) is 12.2 Å². The van der Waals surface area contributed by atoms with Gasteiger partial charge in [0, 0.05) is 29.8 Å². The summed E-state index contributed by atoms with van der Waals surface area (Å²) in [5, 5.41) is 11.4. The summed E-state index contributed by atoms with van der Waals surface area (Å²) in [4.78, 5) is 57.4. The third kappa shape index (κ3) is 8.83. The Labute approximate surface area is 259 Å². The van der Waals surface area contributed by atoms with Gasteiger partial charge in [-0.1, -0.05) is 35.9 Å². The Morgan fingerprint density at radius 2 is 1.82 bits per heavy atom. The lowest BCUT2D eigenvalue weighted by Gasteiger charge is -2.19. The number of nitrogens with zero attached hydrogens (tertiary/aromatic N) is 1. The highest BCUT2D eigenvalue weighted by Crippen LogP contribution is 2.35. The summed E-state index contributed by atoms with van der Waals surface area (Å²) in [6, 6.07) is 11.2. The third-order valence-corrected chi connectivity index (χ3v) is 6.70. The monoisotopic (exact) mass is 622 g/mol. The van der Waals surface area contributed by atoms with E-state index in [4.69, 9.17) is 21.3 Å². The molecular formula is C31H35ClN6O6. The molecule has 12 nitrogen and oxygen atoms in total. The number of aromatic nitrogens is 2. The Bertz CT molecular complexity index is 1560. The van der Waals surface area contributed by atoms with Crippen molar-refractivity contribution in [2.75, 3.05) is 17.7 Å². The van der Waals surface area contributed by atoms with Crippen molar-refractivity contribution >= 4 is 47.0 Å². The number of halogens is 1. The smallest absolute Gasteiger partial charge is 0.411 e. The Morgan fingerprint density at radius 1 is 1.07 bits per heavy atom. The quantitative estimate of drug-likeness (QED) is 0.215. The van der Waals surface area contributed by atoms with Crippen LogP contribution in [0.1, 0.15) is 67.8 Å². The molecule has 0 saturated heterocycles. The normalized spacial score (nSPS) is 14.9. The molecule has 0 aliphatic carbocycles. The van der Waals surface area contributed by atoms with E-state index >= 15 is 0 Å². The lowest BCUT2D eigenvalue weighted by molar-refractivity contribution is -0.116. The molecule has 1 aliphatic rings. The summed E-state index contributed by atoms with van der Waals surface area (Å²) in [5.41, 5.74) is 2.31. The highest BCUT2D eigenvalue weighted by Gasteiger charge is 2.23. The Balaban J connectivity index is 1.55. The summed E-state index contributed by atoms with van der Waals surface area (Å²) < 4.78 is 9.92. The highest BCUT2D eigenvalue weighted by atomic mass is 35.5. The van der Waals surface area contributed by atoms with Crippen molar-refractivity contribution in [3.63, 3.8) is 0 Å². The predicted molar refractivity (Wildman–Crippen MR) is 166 cm³/mol. The van der Waals surface area contributed by atoms with Crippen molar-refractivity contribution in [2.24, 2.45) is 0 Å². The van der Waals surface area contributed by atoms with Gasteiger partial charge in [0.1, 0.15) is 22.3 Å². The number of ether oxygens (including phenoxy) is 2. The number of methoxy groups -OCH3 is 1. The number of amides is 4. The zero-order chi connectivity index (χ0) is 31.9. The van der Waals surface area contributed by atoms with Crippen LogP contribution in [0.25, 0.3) is 11.3 Å². The number of hydrogen-bond acceptors (Lipinski definition) is 7. The minimum atomic E-state index is -0.656. The largest absolute Gasteiger partial charge is 0.453 e. The summed E-state index contributed by atoms with van der Waals surface area (Å²) in [7, 11) is 1.25. The summed E-state index contributed by atoms with van der Waals surface area (Å²) >= 11 is 6.59. The van der Waals surface area contributed by atoms with Crippen LogP contribution >= 0.6 is 11.6 Å². The van der Waals surface area contributed by atoms with Crippen LogP contribution in [0.2, 0.25) is 5.15 Å². The topological polar surface area (TPSA) is 164 Å². The molecule has 5 N–H and O–H groups in total. The number of carbonyl (C=O) groups is 4. The lowest BCUT2D eigenvalue weighted by atomic mass is 10.1. The zero-order valence-corrected chi connectivity index (χ0v) is 25.6. The first-order valence-electron chi connectivity index (χ1n) is 14.0. The Morgan fingerprint density at radius 3 is 2.52 bits per heavy atom. The molecule has 44 heavy (non-hydrogen) atoms. The van der Waals surface area contributed by atoms with Crippen molar-refractivity contribution in [1.82, 2.24) is 20.6 Å². The maximum atomic E-state index is 13.3. The van der Waals surface area contributed by atoms with Gasteiger partial charge in [-0.2, -0.15) is 0 Å². The molecule has 1 atom stereocenters. The summed E-state index contributed by atoms with van der Waals surface area (Å²) in [6.07, 6.45) is 3.65. The number of rotatable bonds is 5. The van der Waals surface area contributed by atoms with Crippen molar-refractivity contribution < 1.29 is 28.7 Å². The second-order valence-electron chi connectivity index (χ2n) is 11.0. The van der Waals surface area contributed by atoms with Gasteiger partial charge in [0.05, 0.1) is 18.8 Å². The molecule has 13 heteroatoms. The molecule has 3 aromatic rings. The van der Waals surface area contributed by atoms with Gasteiger partial charge in [-0.3, -0.25) is 14.9 Å². The molecule has 1 unspecified atom stereocenters. The van der Waals surface area contributed by atoms with Crippen molar-refractivity contribution in [1.29, 1.82) is 0 Å². The molecule has 0 saturated carbocycles. The molecule has 2 aromatic carbocycles. The molecule has 2 heterocycles. The molecule has 4 amide bonds. The summed E-state index contributed by atoms with van der Waals surface area (Å²) in [5.74, 6) is -0.134. The minimum absolute atomic E-state index is 0.214. The van der Waals surface area contributed by atoms with Gasteiger partial charge in [0.25, 0.3) is 5.91 Å². The first kappa shape index (κ1) is 32.1. The van der Waals surface area contributed by atoms with E-state index in [2.05, 4.69) is 31.0 Å². The van der Waals surface area contributed by atoms with E-state index < -0.39 is 23.8 Å². The maximum Gasteiger partial charge on any atom is 0.411 e. The van der Waals surface area contributed by atoms with Gasteiger partial charge in [-0.05, 0) is 69.5 Å². The van der Waals surface area contributed by atoms with Crippen molar-refractivity contribution in [2.45, 2.75) is 58.2 Å². The fourth-order valence-corrected chi connectivity index (χ4v) is 4.57. The first-order valence-corrected chi connectivity index (χ1v) is 14.4. The van der Waals surface area contributed by atoms with E-state index in [-0.39, 0.29) is 29.9 Å². The molecule has 232 valence electrons. The molecule has 1 aliphatic heterocycles. The van der Waals surface area contributed by atoms with Crippen LogP contribution in [0.4, 0.5) is 21.0 Å². The van der Waals surface area contributed by atoms with Crippen molar-refractivity contribution in [3.8, 4) is 11.3 Å². The number of anilines is 2. The van der Waals surface area contributed by atoms with E-state index in [0.717, 1.165) is 5.56 Å². The van der Waals surface area contributed by atoms with Gasteiger partial charge in [-0.15, -0.1) is 0 Å². The van der Waals surface area contributed by atoms with Gasteiger partial charge in [-0.25, -0.2) is 14.6 Å². The number of benzene rings is 2. The Hall–Kier alpha value is -4.84. The second kappa shape index (κ2) is 14.1. The third-order valence-electron chi connectivity index (χ3n) is 6.42. The zero-order valence-electron chi connectivity index (χ0n) is 24.9. The highest BCUT2D eigenvalue weighted by molar-refractivity contribution is 6.32. The number of carbonyl (C=O) groups excluding carboxylic acids is 4. The molecule has 0 radical (unpaired) electrons. The standard InChI is InChI=1S/C31H35ClN6O6/c1-31(2,3)44-29(41)33-17-18-10-12-19(13-11-18)28(40)36-22-8-6-5-7-9-24(39)35-23-16-20(34-30(42)43-4)14-15-21(23)25-26(32)38-27(22)37-25/h5-6,10-16,22H,7-9,17H2,1-4H3,(H,33,41)(H,34,42)(H,35,39)(H,36,40)(H,37,38). The van der Waals surface area contributed by atoms with Crippen molar-refractivity contribution in [3.05, 3.63) is 76.7 Å². The van der Waals surface area contributed by atoms with E-state index in [1.165, 1.54) is 7.11 Å². The first-order chi connectivity index (χ1) is 20.9. The van der Waals surface area contributed by atoms with Crippen LogP contribution in [0.15, 0.2) is 54.6 Å². The van der Waals surface area contributed by atoms with Gasteiger partial charge < -0.3 is 30.4 Å². The number of allylic oxidation sites excluding steroid dienone is 1. The molecule has 2 bridgehead atoms. The Kier molecular flexibility index (Phi) is 10.3. The average Bonchev–Trinajstić information content (AvgIpc) is 3.35. The fourth-order valence-electron chi connectivity index (χ4n) is 4.33. The van der Waals surface area contributed by atoms with Crippen LogP contribution in [0, 0.1) is 0 Å². The van der Waals surface area contributed by atoms with Crippen LogP contribution in [-0.2, 0) is 20.8 Å². The lowest BCUT2D eigenvalue weighted by Crippen LogP contribution is -2.32. The number of fused-ring (bicyclic) bond motifs is 4. The number of hydrogen-bond donors (Lipinski definition) is 5.